The fourth-order valence-electron chi connectivity index (χ4n) is 0.840. The van der Waals surface area contributed by atoms with Gasteiger partial charge in [0.1, 0.15) is 19.0 Å². The summed E-state index contributed by atoms with van der Waals surface area (Å²) >= 11 is 0. The molecule has 7 heteroatoms. The van der Waals surface area contributed by atoms with Crippen LogP contribution in [0, 0.1) is 0 Å². The van der Waals surface area contributed by atoms with Gasteiger partial charge in [-0.1, -0.05) is 18.2 Å². The van der Waals surface area contributed by atoms with Crippen LogP contribution in [0.25, 0.3) is 0 Å². The topological polar surface area (TPSA) is 87.9 Å². The van der Waals surface area contributed by atoms with E-state index in [1.807, 2.05) is 6.07 Å². The van der Waals surface area contributed by atoms with Gasteiger partial charge in [0.15, 0.2) is 0 Å². The predicted octanol–water partition coefficient (Wildman–Crippen LogP) is 0.217. The van der Waals surface area contributed by atoms with Crippen LogP contribution < -0.4 is 10.6 Å². The van der Waals surface area contributed by atoms with Crippen LogP contribution in [0.2, 0.25) is 0 Å². The summed E-state index contributed by atoms with van der Waals surface area (Å²) in [7, 11) is -4.08. The summed E-state index contributed by atoms with van der Waals surface area (Å²) in [5.41, 5.74) is 0. The Morgan fingerprint density at radius 3 is 2.40 bits per heavy atom. The summed E-state index contributed by atoms with van der Waals surface area (Å²) in [4.78, 5) is 0. The quantitative estimate of drug-likeness (QED) is 0.558. The van der Waals surface area contributed by atoms with Gasteiger partial charge < -0.3 is 4.74 Å². The minimum Gasteiger partial charge on any atom is -0.491 e. The summed E-state index contributed by atoms with van der Waals surface area (Å²) in [6, 6.07) is 8.93. The maximum Gasteiger partial charge on any atom is 0.416 e. The van der Waals surface area contributed by atoms with Gasteiger partial charge in [-0.05, 0) is 12.1 Å². The average Bonchev–Trinajstić information content (AvgIpc) is 2.26. The first-order valence-corrected chi connectivity index (χ1v) is 5.43. The lowest BCUT2D eigenvalue weighted by atomic mass is 10.3. The van der Waals surface area contributed by atoms with Gasteiger partial charge in [0, 0.05) is 0 Å². The number of ether oxygens (including phenoxy) is 1. The predicted molar refractivity (Wildman–Crippen MR) is 52.1 cm³/mol. The first kappa shape index (κ1) is 11.9. The molecule has 0 amide bonds. The van der Waals surface area contributed by atoms with Gasteiger partial charge in [-0.3, -0.25) is 0 Å². The van der Waals surface area contributed by atoms with Gasteiger partial charge in [-0.25, -0.2) is 4.18 Å². The van der Waals surface area contributed by atoms with Crippen LogP contribution in [0.4, 0.5) is 0 Å². The van der Waals surface area contributed by atoms with Crippen LogP contribution in [0.1, 0.15) is 0 Å². The summed E-state index contributed by atoms with van der Waals surface area (Å²) in [5.74, 6) is 5.08. The van der Waals surface area contributed by atoms with E-state index in [-0.39, 0.29) is 13.2 Å². The molecule has 0 saturated heterocycles. The molecule has 0 saturated carbocycles. The van der Waals surface area contributed by atoms with Crippen LogP contribution in [0.15, 0.2) is 30.3 Å². The van der Waals surface area contributed by atoms with Crippen molar-refractivity contribution in [2.24, 2.45) is 5.90 Å². The second-order valence-corrected chi connectivity index (χ2v) is 3.73. The minimum absolute atomic E-state index is 0.0899. The van der Waals surface area contributed by atoms with Crippen molar-refractivity contribution in [2.45, 2.75) is 0 Å². The number of nitrogens with two attached hydrogens (primary N) is 1. The molecule has 0 unspecified atom stereocenters. The van der Waals surface area contributed by atoms with Crippen molar-refractivity contribution in [1.82, 2.24) is 0 Å². The lowest BCUT2D eigenvalue weighted by Gasteiger charge is -2.05. The SMILES string of the molecule is NOS(=O)(=O)OCCOc1ccccc1. The molecule has 15 heavy (non-hydrogen) atoms. The van der Waals surface area contributed by atoms with Crippen molar-refractivity contribution in [3.63, 3.8) is 0 Å². The molecule has 0 heterocycles. The normalized spacial score (nSPS) is 11.3. The largest absolute Gasteiger partial charge is 0.491 e. The molecule has 84 valence electrons. The molecule has 1 aromatic rings. The molecule has 6 nitrogen and oxygen atoms in total. The Labute approximate surface area is 87.8 Å². The van der Waals surface area contributed by atoms with Gasteiger partial charge in [-0.15, -0.1) is 0 Å². The van der Waals surface area contributed by atoms with Crippen LogP contribution in [0.5, 0.6) is 5.75 Å². The van der Waals surface area contributed by atoms with E-state index in [1.54, 1.807) is 24.3 Å². The Kier molecular flexibility index (Phi) is 4.50. The van der Waals surface area contributed by atoms with Gasteiger partial charge >= 0.3 is 10.4 Å². The van der Waals surface area contributed by atoms with E-state index in [2.05, 4.69) is 14.4 Å². The highest BCUT2D eigenvalue weighted by molar-refractivity contribution is 7.81. The molecule has 0 aliphatic rings. The van der Waals surface area contributed by atoms with Crippen molar-refractivity contribution < 1.29 is 21.6 Å². The molecule has 0 radical (unpaired) electrons. The monoisotopic (exact) mass is 233 g/mol. The molecule has 0 atom stereocenters. The van der Waals surface area contributed by atoms with Crippen molar-refractivity contribution in [2.75, 3.05) is 13.2 Å². The van der Waals surface area contributed by atoms with Crippen LogP contribution >= 0.6 is 0 Å². The molecular formula is C8H11NO5S. The molecule has 0 bridgehead atoms. The van der Waals surface area contributed by atoms with Crippen LogP contribution in [-0.2, 0) is 18.9 Å². The summed E-state index contributed by atoms with van der Waals surface area (Å²) in [5, 5.41) is 0. The highest BCUT2D eigenvalue weighted by Crippen LogP contribution is 2.07. The van der Waals surface area contributed by atoms with Gasteiger partial charge in [-0.2, -0.15) is 18.6 Å². The molecule has 0 aliphatic carbocycles. The van der Waals surface area contributed by atoms with Crippen molar-refractivity contribution in [3.8, 4) is 5.75 Å². The molecule has 1 aromatic carbocycles. The van der Waals surface area contributed by atoms with Gasteiger partial charge in [0.2, 0.25) is 0 Å². The maximum absolute atomic E-state index is 10.6. The maximum atomic E-state index is 10.6. The molecule has 0 aromatic heterocycles. The Bertz CT molecular complexity index is 377. The first-order chi connectivity index (χ1) is 7.14. The number of para-hydroxylation sites is 1. The van der Waals surface area contributed by atoms with Gasteiger partial charge in [0.25, 0.3) is 0 Å². The van der Waals surface area contributed by atoms with E-state index in [4.69, 9.17) is 4.74 Å². The smallest absolute Gasteiger partial charge is 0.416 e. The van der Waals surface area contributed by atoms with E-state index >= 15 is 0 Å². The summed E-state index contributed by atoms with van der Waals surface area (Å²) in [6.07, 6.45) is 0. The minimum atomic E-state index is -4.08. The third-order valence-corrected chi connectivity index (χ3v) is 2.13. The summed E-state index contributed by atoms with van der Waals surface area (Å²) in [6.45, 7) is -0.0684. The molecule has 0 spiro atoms. The lowest BCUT2D eigenvalue weighted by Crippen LogP contribution is -2.17. The number of hydrogen-bond donors (Lipinski definition) is 1. The summed E-state index contributed by atoms with van der Waals surface area (Å²) < 4.78 is 34.2. The zero-order valence-electron chi connectivity index (χ0n) is 7.83. The van der Waals surface area contributed by atoms with E-state index < -0.39 is 10.4 Å². The van der Waals surface area contributed by atoms with Crippen molar-refractivity contribution in [1.29, 1.82) is 0 Å². The van der Waals surface area contributed by atoms with Crippen molar-refractivity contribution in [3.05, 3.63) is 30.3 Å². The highest BCUT2D eigenvalue weighted by atomic mass is 32.3. The third-order valence-electron chi connectivity index (χ3n) is 1.44. The zero-order valence-corrected chi connectivity index (χ0v) is 8.64. The molecule has 0 fully saturated rings. The Hall–Kier alpha value is -1.15. The fourth-order valence-corrected chi connectivity index (χ4v) is 1.17. The van der Waals surface area contributed by atoms with E-state index in [0.29, 0.717) is 5.75 Å². The Morgan fingerprint density at radius 2 is 1.80 bits per heavy atom. The second kappa shape index (κ2) is 5.66. The lowest BCUT2D eigenvalue weighted by molar-refractivity contribution is 0.179. The number of benzene rings is 1. The number of hydrogen-bond acceptors (Lipinski definition) is 6. The third kappa shape index (κ3) is 4.75. The van der Waals surface area contributed by atoms with E-state index in [0.717, 1.165) is 0 Å². The van der Waals surface area contributed by atoms with Crippen LogP contribution in [0.3, 0.4) is 0 Å². The zero-order chi connectivity index (χ0) is 11.1. The highest BCUT2D eigenvalue weighted by Gasteiger charge is 2.08. The standard InChI is InChI=1S/C8H11NO5S/c9-14-15(10,11)13-7-6-12-8-4-2-1-3-5-8/h1-5H,6-7,9H2. The van der Waals surface area contributed by atoms with Crippen molar-refractivity contribution >= 4 is 10.4 Å². The second-order valence-electron chi connectivity index (χ2n) is 2.49. The molecular weight excluding hydrogens is 222 g/mol. The average molecular weight is 233 g/mol. The molecule has 2 N–H and O–H groups in total. The number of rotatable bonds is 6. The molecule has 1 rings (SSSR count). The van der Waals surface area contributed by atoms with E-state index in [1.165, 1.54) is 0 Å². The molecule has 0 aliphatic heterocycles. The van der Waals surface area contributed by atoms with Gasteiger partial charge in [0.05, 0.1) is 0 Å². The Balaban J connectivity index is 2.24. The van der Waals surface area contributed by atoms with Crippen LogP contribution in [-0.4, -0.2) is 21.6 Å². The fraction of sp³-hybridized carbons (Fsp3) is 0.250. The Morgan fingerprint density at radius 1 is 1.13 bits per heavy atom. The first-order valence-electron chi connectivity index (χ1n) is 4.09. The van der Waals surface area contributed by atoms with E-state index in [9.17, 15) is 8.42 Å².